The molecule has 1 unspecified atom stereocenters. The lowest BCUT2D eigenvalue weighted by Crippen LogP contribution is -2.31. The van der Waals surface area contributed by atoms with E-state index in [4.69, 9.17) is 5.73 Å². The fraction of sp³-hybridized carbons (Fsp3) is 0.364. The molecule has 0 aliphatic heterocycles. The quantitative estimate of drug-likeness (QED) is 0.748. The lowest BCUT2D eigenvalue weighted by Gasteiger charge is -2.09. The van der Waals surface area contributed by atoms with E-state index in [0.29, 0.717) is 0 Å². The molecule has 0 spiro atoms. The van der Waals surface area contributed by atoms with Gasteiger partial charge in [-0.05, 0) is 5.56 Å². The highest BCUT2D eigenvalue weighted by Crippen LogP contribution is 2.08. The van der Waals surface area contributed by atoms with Crippen LogP contribution in [0.1, 0.15) is 25.5 Å². The fourth-order valence-electron chi connectivity index (χ4n) is 0.967. The van der Waals surface area contributed by atoms with Crippen LogP contribution >= 0.6 is 0 Å². The molecule has 3 nitrogen and oxygen atoms in total. The van der Waals surface area contributed by atoms with Gasteiger partial charge in [-0.3, -0.25) is 4.79 Å². The first-order chi connectivity index (χ1) is 6.75. The van der Waals surface area contributed by atoms with Crippen molar-refractivity contribution in [2.75, 3.05) is 7.05 Å². The Hall–Kier alpha value is -1.35. The van der Waals surface area contributed by atoms with Crippen molar-refractivity contribution >= 4 is 5.91 Å². The Labute approximate surface area is 85.3 Å². The summed E-state index contributed by atoms with van der Waals surface area (Å²) in [4.78, 5) is 11.1. The second-order valence-corrected chi connectivity index (χ2v) is 2.50. The van der Waals surface area contributed by atoms with E-state index >= 15 is 0 Å². The Morgan fingerprint density at radius 3 is 2.21 bits per heavy atom. The van der Waals surface area contributed by atoms with E-state index < -0.39 is 6.04 Å². The highest BCUT2D eigenvalue weighted by atomic mass is 16.2. The highest BCUT2D eigenvalue weighted by molar-refractivity contribution is 5.82. The number of hydrogen-bond acceptors (Lipinski definition) is 2. The van der Waals surface area contributed by atoms with E-state index in [2.05, 4.69) is 5.32 Å². The first kappa shape index (κ1) is 12.7. The third-order valence-electron chi connectivity index (χ3n) is 1.69. The average molecular weight is 194 g/mol. The lowest BCUT2D eigenvalue weighted by atomic mass is 10.1. The van der Waals surface area contributed by atoms with Crippen LogP contribution in [0.25, 0.3) is 0 Å². The second kappa shape index (κ2) is 7.09. The molecule has 0 fully saturated rings. The predicted octanol–water partition coefficient (Wildman–Crippen LogP) is 1.46. The Balaban J connectivity index is 0.000000791. The second-order valence-electron chi connectivity index (χ2n) is 2.50. The van der Waals surface area contributed by atoms with Crippen LogP contribution in [0.2, 0.25) is 0 Å². The maximum absolute atomic E-state index is 11.1. The Bertz CT molecular complexity index is 259. The van der Waals surface area contributed by atoms with E-state index in [1.807, 2.05) is 44.2 Å². The van der Waals surface area contributed by atoms with Gasteiger partial charge in [-0.2, -0.15) is 0 Å². The molecule has 1 amide bonds. The first-order valence-corrected chi connectivity index (χ1v) is 4.78. The largest absolute Gasteiger partial charge is 0.358 e. The molecule has 0 saturated carbocycles. The standard InChI is InChI=1S/C9H12N2O.C2H6/c1-11-9(12)8(10)7-5-3-2-4-6-7;1-2/h2-6,8H,10H2,1H3,(H,11,12);1-2H3. The summed E-state index contributed by atoms with van der Waals surface area (Å²) in [5, 5.41) is 2.50. The van der Waals surface area contributed by atoms with Gasteiger partial charge in [-0.25, -0.2) is 0 Å². The molecule has 1 aromatic rings. The maximum atomic E-state index is 11.1. The molecule has 0 radical (unpaired) electrons. The van der Waals surface area contributed by atoms with Crippen molar-refractivity contribution in [1.82, 2.24) is 5.32 Å². The van der Waals surface area contributed by atoms with Crippen molar-refractivity contribution in [3.05, 3.63) is 35.9 Å². The maximum Gasteiger partial charge on any atom is 0.241 e. The van der Waals surface area contributed by atoms with Gasteiger partial charge >= 0.3 is 0 Å². The Morgan fingerprint density at radius 2 is 1.79 bits per heavy atom. The molecule has 0 heterocycles. The van der Waals surface area contributed by atoms with E-state index in [1.54, 1.807) is 7.05 Å². The van der Waals surface area contributed by atoms with Gasteiger partial charge in [-0.1, -0.05) is 44.2 Å². The van der Waals surface area contributed by atoms with E-state index in [0.717, 1.165) is 5.56 Å². The number of carbonyl (C=O) groups excluding carboxylic acids is 1. The number of carbonyl (C=O) groups is 1. The number of nitrogens with one attached hydrogen (secondary N) is 1. The van der Waals surface area contributed by atoms with Gasteiger partial charge < -0.3 is 11.1 Å². The zero-order valence-corrected chi connectivity index (χ0v) is 8.95. The normalized spacial score (nSPS) is 10.9. The van der Waals surface area contributed by atoms with Gasteiger partial charge in [0.1, 0.15) is 6.04 Å². The molecule has 0 aliphatic carbocycles. The van der Waals surface area contributed by atoms with Crippen LogP contribution in [0.3, 0.4) is 0 Å². The smallest absolute Gasteiger partial charge is 0.241 e. The van der Waals surface area contributed by atoms with Crippen LogP contribution in [0.4, 0.5) is 0 Å². The van der Waals surface area contributed by atoms with Crippen molar-refractivity contribution in [3.8, 4) is 0 Å². The molecule has 0 saturated heterocycles. The number of likely N-dealkylation sites (N-methyl/N-ethyl adjacent to an activating group) is 1. The van der Waals surface area contributed by atoms with Gasteiger partial charge in [0.2, 0.25) is 5.91 Å². The minimum atomic E-state index is -0.559. The van der Waals surface area contributed by atoms with Crippen LogP contribution < -0.4 is 11.1 Å². The number of nitrogens with two attached hydrogens (primary N) is 1. The molecular formula is C11H18N2O. The van der Waals surface area contributed by atoms with Crippen LogP contribution in [-0.4, -0.2) is 13.0 Å². The summed E-state index contributed by atoms with van der Waals surface area (Å²) in [6.45, 7) is 4.00. The third kappa shape index (κ3) is 3.58. The van der Waals surface area contributed by atoms with E-state index in [1.165, 1.54) is 0 Å². The van der Waals surface area contributed by atoms with E-state index in [-0.39, 0.29) is 5.91 Å². The predicted molar refractivity (Wildman–Crippen MR) is 58.8 cm³/mol. The van der Waals surface area contributed by atoms with Gasteiger partial charge in [0.25, 0.3) is 0 Å². The average Bonchev–Trinajstić information content (AvgIpc) is 2.31. The van der Waals surface area contributed by atoms with Crippen molar-refractivity contribution in [1.29, 1.82) is 0 Å². The summed E-state index contributed by atoms with van der Waals surface area (Å²) in [5.74, 6) is -0.166. The zero-order chi connectivity index (χ0) is 11.0. The molecule has 0 aliphatic rings. The molecular weight excluding hydrogens is 176 g/mol. The number of hydrogen-bond donors (Lipinski definition) is 2. The third-order valence-corrected chi connectivity index (χ3v) is 1.69. The molecule has 3 heteroatoms. The minimum Gasteiger partial charge on any atom is -0.358 e. The molecule has 3 N–H and O–H groups in total. The molecule has 0 bridgehead atoms. The highest BCUT2D eigenvalue weighted by Gasteiger charge is 2.12. The van der Waals surface area contributed by atoms with Gasteiger partial charge in [0.05, 0.1) is 0 Å². The van der Waals surface area contributed by atoms with E-state index in [9.17, 15) is 4.79 Å². The van der Waals surface area contributed by atoms with Gasteiger partial charge in [-0.15, -0.1) is 0 Å². The Morgan fingerprint density at radius 1 is 1.29 bits per heavy atom. The summed E-state index contributed by atoms with van der Waals surface area (Å²) in [7, 11) is 1.57. The summed E-state index contributed by atoms with van der Waals surface area (Å²) in [6.07, 6.45) is 0. The summed E-state index contributed by atoms with van der Waals surface area (Å²) < 4.78 is 0. The summed E-state index contributed by atoms with van der Waals surface area (Å²) >= 11 is 0. The number of amides is 1. The van der Waals surface area contributed by atoms with Gasteiger partial charge in [0.15, 0.2) is 0 Å². The SMILES string of the molecule is CC.CNC(=O)C(N)c1ccccc1. The zero-order valence-electron chi connectivity index (χ0n) is 8.95. The van der Waals surface area contributed by atoms with Gasteiger partial charge in [0, 0.05) is 7.05 Å². The minimum absolute atomic E-state index is 0.166. The summed E-state index contributed by atoms with van der Waals surface area (Å²) in [6, 6.07) is 8.71. The first-order valence-electron chi connectivity index (χ1n) is 4.78. The number of rotatable bonds is 2. The van der Waals surface area contributed by atoms with Crippen molar-refractivity contribution in [3.63, 3.8) is 0 Å². The molecule has 0 aromatic heterocycles. The van der Waals surface area contributed by atoms with Crippen molar-refractivity contribution in [2.24, 2.45) is 5.73 Å². The molecule has 1 atom stereocenters. The van der Waals surface area contributed by atoms with Crippen LogP contribution in [0.5, 0.6) is 0 Å². The molecule has 1 aromatic carbocycles. The Kier molecular flexibility index (Phi) is 6.41. The molecule has 14 heavy (non-hydrogen) atoms. The molecule has 1 rings (SSSR count). The fourth-order valence-corrected chi connectivity index (χ4v) is 0.967. The topological polar surface area (TPSA) is 55.1 Å². The van der Waals surface area contributed by atoms with Crippen LogP contribution in [0, 0.1) is 0 Å². The summed E-state index contributed by atoms with van der Waals surface area (Å²) in [5.41, 5.74) is 6.47. The monoisotopic (exact) mass is 194 g/mol. The van der Waals surface area contributed by atoms with Crippen LogP contribution in [-0.2, 0) is 4.79 Å². The van der Waals surface area contributed by atoms with Crippen LogP contribution in [0.15, 0.2) is 30.3 Å². The lowest BCUT2D eigenvalue weighted by molar-refractivity contribution is -0.121. The van der Waals surface area contributed by atoms with Crippen molar-refractivity contribution in [2.45, 2.75) is 19.9 Å². The van der Waals surface area contributed by atoms with Crippen molar-refractivity contribution < 1.29 is 4.79 Å². The molecule has 78 valence electrons. The number of benzene rings is 1.